The van der Waals surface area contributed by atoms with Gasteiger partial charge in [0.25, 0.3) is 5.91 Å². The molecule has 4 heterocycles. The number of hydrogen-bond acceptors (Lipinski definition) is 4. The summed E-state index contributed by atoms with van der Waals surface area (Å²) < 4.78 is 3.74. The van der Waals surface area contributed by atoms with Crippen LogP contribution in [-0.2, 0) is 19.5 Å². The maximum absolute atomic E-state index is 12.5. The number of fused-ring (bicyclic) bond motifs is 2. The zero-order chi connectivity index (χ0) is 15.8. The van der Waals surface area contributed by atoms with Crippen LogP contribution in [-0.4, -0.2) is 30.3 Å². The van der Waals surface area contributed by atoms with Crippen LogP contribution in [0.3, 0.4) is 0 Å². The van der Waals surface area contributed by atoms with E-state index in [0.29, 0.717) is 18.3 Å². The number of nitrogens with zero attached hydrogens (tertiary/aromatic N) is 5. The number of rotatable bonds is 3. The van der Waals surface area contributed by atoms with E-state index in [-0.39, 0.29) is 5.91 Å². The zero-order valence-electron chi connectivity index (χ0n) is 12.9. The van der Waals surface area contributed by atoms with E-state index in [9.17, 15) is 4.79 Å². The van der Waals surface area contributed by atoms with Crippen LogP contribution in [0.2, 0.25) is 0 Å². The minimum atomic E-state index is -0.187. The highest BCUT2D eigenvalue weighted by molar-refractivity contribution is 5.90. The first-order valence-electron chi connectivity index (χ1n) is 7.84. The molecule has 0 aliphatic carbocycles. The molecule has 3 aromatic heterocycles. The summed E-state index contributed by atoms with van der Waals surface area (Å²) in [5, 5.41) is 15.4. The summed E-state index contributed by atoms with van der Waals surface area (Å²) in [5.41, 5.74) is 1.97. The van der Waals surface area contributed by atoms with Crippen molar-refractivity contribution >= 4 is 11.4 Å². The van der Waals surface area contributed by atoms with Gasteiger partial charge in [0.1, 0.15) is 5.82 Å². The molecule has 1 amide bonds. The fraction of sp³-hybridized carbons (Fsp3) is 0.375. The lowest BCUT2D eigenvalue weighted by Crippen LogP contribution is -2.29. The lowest BCUT2D eigenvalue weighted by Gasteiger charge is -2.20. The number of pyridine rings is 1. The normalized spacial score (nSPS) is 17.2. The van der Waals surface area contributed by atoms with Gasteiger partial charge in [-0.25, -0.2) is 4.52 Å². The Morgan fingerprint density at radius 2 is 2.30 bits per heavy atom. The monoisotopic (exact) mass is 310 g/mol. The SMILES string of the molecule is CC1CCc2nnc(C(=O)NCc3cnn4ccccc34)n2C1. The van der Waals surface area contributed by atoms with Gasteiger partial charge in [-0.1, -0.05) is 13.0 Å². The summed E-state index contributed by atoms with van der Waals surface area (Å²) in [6, 6.07) is 5.86. The van der Waals surface area contributed by atoms with Crippen LogP contribution in [0.1, 0.15) is 35.4 Å². The third kappa shape index (κ3) is 2.48. The highest BCUT2D eigenvalue weighted by Crippen LogP contribution is 2.19. The van der Waals surface area contributed by atoms with Crippen LogP contribution in [0.4, 0.5) is 0 Å². The van der Waals surface area contributed by atoms with Crippen molar-refractivity contribution in [2.45, 2.75) is 32.9 Å². The number of carbonyl (C=O) groups is 1. The first-order valence-corrected chi connectivity index (χ1v) is 7.84. The van der Waals surface area contributed by atoms with E-state index in [4.69, 9.17) is 0 Å². The molecule has 1 N–H and O–H groups in total. The molecule has 118 valence electrons. The Kier molecular flexibility index (Phi) is 3.33. The largest absolute Gasteiger partial charge is 0.345 e. The van der Waals surface area contributed by atoms with Crippen molar-refractivity contribution in [3.63, 3.8) is 0 Å². The molecule has 0 spiro atoms. The molecule has 7 heteroatoms. The van der Waals surface area contributed by atoms with E-state index in [1.807, 2.05) is 29.0 Å². The molecule has 0 saturated heterocycles. The van der Waals surface area contributed by atoms with Crippen LogP contribution >= 0.6 is 0 Å². The van der Waals surface area contributed by atoms with E-state index in [2.05, 4.69) is 27.5 Å². The smallest absolute Gasteiger partial charge is 0.289 e. The highest BCUT2D eigenvalue weighted by Gasteiger charge is 2.23. The summed E-state index contributed by atoms with van der Waals surface area (Å²) in [5.74, 6) is 1.67. The molecular formula is C16H18N6O. The molecule has 7 nitrogen and oxygen atoms in total. The van der Waals surface area contributed by atoms with Crippen LogP contribution in [0.5, 0.6) is 0 Å². The first-order chi connectivity index (χ1) is 11.2. The van der Waals surface area contributed by atoms with Gasteiger partial charge in [0.2, 0.25) is 5.82 Å². The molecule has 0 saturated carbocycles. The predicted molar refractivity (Wildman–Crippen MR) is 83.9 cm³/mol. The fourth-order valence-corrected chi connectivity index (χ4v) is 3.04. The van der Waals surface area contributed by atoms with Crippen molar-refractivity contribution < 1.29 is 4.79 Å². The summed E-state index contributed by atoms with van der Waals surface area (Å²) >= 11 is 0. The lowest BCUT2D eigenvalue weighted by atomic mass is 10.0. The lowest BCUT2D eigenvalue weighted by molar-refractivity contribution is 0.0933. The van der Waals surface area contributed by atoms with Crippen molar-refractivity contribution in [3.8, 4) is 0 Å². The Bertz CT molecular complexity index is 864. The van der Waals surface area contributed by atoms with Crippen molar-refractivity contribution in [1.29, 1.82) is 0 Å². The fourth-order valence-electron chi connectivity index (χ4n) is 3.04. The van der Waals surface area contributed by atoms with E-state index < -0.39 is 0 Å². The second-order valence-electron chi connectivity index (χ2n) is 6.08. The van der Waals surface area contributed by atoms with Crippen LogP contribution in [0.25, 0.3) is 5.52 Å². The minimum Gasteiger partial charge on any atom is -0.345 e. The number of amides is 1. The van der Waals surface area contributed by atoms with Gasteiger partial charge < -0.3 is 9.88 Å². The van der Waals surface area contributed by atoms with Gasteiger partial charge in [0.15, 0.2) is 0 Å². The topological polar surface area (TPSA) is 77.1 Å². The molecule has 1 atom stereocenters. The number of carbonyl (C=O) groups excluding carboxylic acids is 1. The Morgan fingerprint density at radius 1 is 1.39 bits per heavy atom. The molecule has 0 bridgehead atoms. The molecule has 0 fully saturated rings. The van der Waals surface area contributed by atoms with Gasteiger partial charge in [-0.15, -0.1) is 10.2 Å². The maximum Gasteiger partial charge on any atom is 0.289 e. The number of nitrogens with one attached hydrogen (secondary N) is 1. The van der Waals surface area contributed by atoms with Gasteiger partial charge in [-0.3, -0.25) is 4.79 Å². The van der Waals surface area contributed by atoms with Crippen molar-refractivity contribution in [1.82, 2.24) is 29.7 Å². The van der Waals surface area contributed by atoms with Crippen molar-refractivity contribution in [2.24, 2.45) is 5.92 Å². The molecule has 0 radical (unpaired) electrons. The number of aryl methyl sites for hydroxylation is 1. The molecule has 0 aromatic carbocycles. The molecule has 1 unspecified atom stereocenters. The summed E-state index contributed by atoms with van der Waals surface area (Å²) in [4.78, 5) is 12.5. The van der Waals surface area contributed by atoms with Crippen LogP contribution in [0, 0.1) is 5.92 Å². The molecule has 3 aromatic rings. The van der Waals surface area contributed by atoms with Crippen molar-refractivity contribution in [2.75, 3.05) is 0 Å². The highest BCUT2D eigenvalue weighted by atomic mass is 16.2. The van der Waals surface area contributed by atoms with Crippen LogP contribution < -0.4 is 5.32 Å². The van der Waals surface area contributed by atoms with Gasteiger partial charge in [0, 0.05) is 31.3 Å². The third-order valence-electron chi connectivity index (χ3n) is 4.33. The summed E-state index contributed by atoms with van der Waals surface area (Å²) in [6.45, 7) is 3.41. The van der Waals surface area contributed by atoms with E-state index >= 15 is 0 Å². The number of aromatic nitrogens is 5. The standard InChI is InChI=1S/C16H18N6O/c1-11-5-6-14-19-20-15(21(14)10-11)16(23)17-8-12-9-18-22-7-3-2-4-13(12)22/h2-4,7,9,11H,5-6,8,10H2,1H3,(H,17,23). The Morgan fingerprint density at radius 3 is 3.22 bits per heavy atom. The Hall–Kier alpha value is -2.70. The predicted octanol–water partition coefficient (Wildman–Crippen LogP) is 1.44. The number of hydrogen-bond donors (Lipinski definition) is 1. The third-order valence-corrected chi connectivity index (χ3v) is 4.33. The average molecular weight is 310 g/mol. The zero-order valence-corrected chi connectivity index (χ0v) is 12.9. The van der Waals surface area contributed by atoms with Gasteiger partial charge in [-0.05, 0) is 24.5 Å². The molecular weight excluding hydrogens is 292 g/mol. The van der Waals surface area contributed by atoms with E-state index in [1.54, 1.807) is 10.7 Å². The van der Waals surface area contributed by atoms with Gasteiger partial charge in [-0.2, -0.15) is 5.10 Å². The molecule has 1 aliphatic rings. The van der Waals surface area contributed by atoms with Crippen molar-refractivity contribution in [3.05, 3.63) is 47.8 Å². The first kappa shape index (κ1) is 13.9. The molecule has 23 heavy (non-hydrogen) atoms. The quantitative estimate of drug-likeness (QED) is 0.794. The Labute approximate surface area is 133 Å². The van der Waals surface area contributed by atoms with E-state index in [1.165, 1.54) is 0 Å². The van der Waals surface area contributed by atoms with Crippen LogP contribution in [0.15, 0.2) is 30.6 Å². The summed E-state index contributed by atoms with van der Waals surface area (Å²) in [7, 11) is 0. The Balaban J connectivity index is 1.52. The summed E-state index contributed by atoms with van der Waals surface area (Å²) in [6.07, 6.45) is 5.64. The average Bonchev–Trinajstić information content (AvgIpc) is 3.16. The minimum absolute atomic E-state index is 0.187. The van der Waals surface area contributed by atoms with E-state index in [0.717, 1.165) is 36.3 Å². The van der Waals surface area contributed by atoms with Gasteiger partial charge in [0.05, 0.1) is 11.7 Å². The molecule has 1 aliphatic heterocycles. The maximum atomic E-state index is 12.5. The second-order valence-corrected chi connectivity index (χ2v) is 6.08. The second kappa shape index (κ2) is 5.49. The van der Waals surface area contributed by atoms with Gasteiger partial charge >= 0.3 is 0 Å². The molecule has 4 rings (SSSR count).